The molecule has 2 aromatic carbocycles. The Bertz CT molecular complexity index is 1550. The van der Waals surface area contributed by atoms with E-state index in [1.807, 2.05) is 74.5 Å². The van der Waals surface area contributed by atoms with E-state index >= 15 is 0 Å². The van der Waals surface area contributed by atoms with Gasteiger partial charge < -0.3 is 9.47 Å². The fourth-order valence-electron chi connectivity index (χ4n) is 5.33. The third-order valence-electron chi connectivity index (χ3n) is 8.05. The van der Waals surface area contributed by atoms with Crippen LogP contribution in [0, 0.1) is 0 Å². The Kier molecular flexibility index (Phi) is 11.8. The van der Waals surface area contributed by atoms with Crippen LogP contribution in [-0.2, 0) is 39.4 Å². The summed E-state index contributed by atoms with van der Waals surface area (Å²) in [6.07, 6.45) is 12.5. The van der Waals surface area contributed by atoms with Crippen LogP contribution in [-0.4, -0.2) is 55.8 Å². The first-order chi connectivity index (χ1) is 21.4. The number of hydrogen-bond acceptors (Lipinski definition) is 9. The molecular formula is C34H42O8S3. The minimum Gasteiger partial charge on any atom is -0.496 e. The molecule has 0 amide bonds. The number of thioether (sulfide) groups is 1. The highest BCUT2D eigenvalue weighted by Crippen LogP contribution is 2.40. The fourth-order valence-corrected chi connectivity index (χ4v) is 8.17. The summed E-state index contributed by atoms with van der Waals surface area (Å²) in [5.74, 6) is 2.88. The van der Waals surface area contributed by atoms with Crippen molar-refractivity contribution < 1.29 is 34.7 Å². The average molecular weight is 675 g/mol. The smallest absolute Gasteiger partial charge is 0.296 e. The third-order valence-corrected chi connectivity index (χ3v) is 11.9. The average Bonchev–Trinajstić information content (AvgIpc) is 3.04. The Morgan fingerprint density at radius 3 is 1.42 bits per heavy atom. The molecule has 11 heteroatoms. The Morgan fingerprint density at radius 2 is 1.07 bits per heavy atom. The van der Waals surface area contributed by atoms with Crippen molar-refractivity contribution in [3.05, 3.63) is 106 Å². The summed E-state index contributed by atoms with van der Waals surface area (Å²) in [4.78, 5) is 0.321. The Balaban J connectivity index is 1.13. The van der Waals surface area contributed by atoms with Crippen LogP contribution >= 0.6 is 11.8 Å². The predicted molar refractivity (Wildman–Crippen MR) is 181 cm³/mol. The van der Waals surface area contributed by atoms with Crippen molar-refractivity contribution in [3.8, 4) is 11.5 Å². The van der Waals surface area contributed by atoms with Gasteiger partial charge in [0.25, 0.3) is 20.2 Å². The normalized spacial score (nSPS) is 21.7. The second kappa shape index (κ2) is 15.2. The number of allylic oxidation sites excluding steroid dienone is 6. The van der Waals surface area contributed by atoms with Crippen LogP contribution < -0.4 is 9.47 Å². The lowest BCUT2D eigenvalue weighted by molar-refractivity contribution is 0.323. The van der Waals surface area contributed by atoms with Crippen LogP contribution in [0.15, 0.2) is 94.8 Å². The van der Waals surface area contributed by atoms with E-state index in [1.54, 1.807) is 50.3 Å². The molecule has 0 N–H and O–H groups in total. The molecule has 0 fully saturated rings. The monoisotopic (exact) mass is 674 g/mol. The number of benzene rings is 2. The van der Waals surface area contributed by atoms with Crippen molar-refractivity contribution in [1.29, 1.82) is 0 Å². The SMILES string of the molecule is COc1ccccc1C1(C)C=CC(S(=O)(=O)OCCCSCCCOS(=O)(=O)C2=CCC(C)(c3ccccc3OC)C=C2)=CC1. The summed E-state index contributed by atoms with van der Waals surface area (Å²) in [7, 11) is -4.47. The highest BCUT2D eigenvalue weighted by Gasteiger charge is 2.32. The molecule has 2 aliphatic carbocycles. The molecule has 2 atom stereocenters. The van der Waals surface area contributed by atoms with Crippen molar-refractivity contribution in [3.63, 3.8) is 0 Å². The molecule has 2 unspecified atom stereocenters. The van der Waals surface area contributed by atoms with Crippen LogP contribution in [0.2, 0.25) is 0 Å². The highest BCUT2D eigenvalue weighted by molar-refractivity contribution is 7.99. The van der Waals surface area contributed by atoms with E-state index in [0.717, 1.165) is 22.6 Å². The van der Waals surface area contributed by atoms with Crippen LogP contribution in [0.5, 0.6) is 11.5 Å². The van der Waals surface area contributed by atoms with Crippen molar-refractivity contribution >= 4 is 32.0 Å². The first kappa shape index (κ1) is 35.0. The molecular weight excluding hydrogens is 633 g/mol. The maximum absolute atomic E-state index is 12.7. The number of ether oxygens (including phenoxy) is 2. The molecule has 2 aliphatic rings. The van der Waals surface area contributed by atoms with Gasteiger partial charge in [-0.25, -0.2) is 0 Å². The molecule has 0 radical (unpaired) electrons. The second-order valence-electron chi connectivity index (χ2n) is 11.4. The first-order valence-corrected chi connectivity index (χ1v) is 18.8. The van der Waals surface area contributed by atoms with E-state index in [9.17, 15) is 16.8 Å². The number of para-hydroxylation sites is 2. The quantitative estimate of drug-likeness (QED) is 0.140. The molecule has 0 saturated heterocycles. The van der Waals surface area contributed by atoms with Crippen LogP contribution in [0.1, 0.15) is 50.7 Å². The molecule has 0 saturated carbocycles. The molecule has 8 nitrogen and oxygen atoms in total. The third kappa shape index (κ3) is 8.71. The van der Waals surface area contributed by atoms with Gasteiger partial charge in [0.05, 0.1) is 37.2 Å². The molecule has 0 spiro atoms. The molecule has 4 rings (SSSR count). The molecule has 0 heterocycles. The largest absolute Gasteiger partial charge is 0.496 e. The molecule has 244 valence electrons. The maximum Gasteiger partial charge on any atom is 0.296 e. The topological polar surface area (TPSA) is 105 Å². The van der Waals surface area contributed by atoms with Gasteiger partial charge in [0.15, 0.2) is 0 Å². The van der Waals surface area contributed by atoms with E-state index in [2.05, 4.69) is 0 Å². The molecule has 2 aromatic rings. The summed E-state index contributed by atoms with van der Waals surface area (Å²) >= 11 is 1.60. The lowest BCUT2D eigenvalue weighted by Crippen LogP contribution is -2.23. The zero-order valence-electron chi connectivity index (χ0n) is 26.2. The summed E-state index contributed by atoms with van der Waals surface area (Å²) in [5.41, 5.74) is 1.22. The highest BCUT2D eigenvalue weighted by atomic mass is 32.2. The van der Waals surface area contributed by atoms with Gasteiger partial charge in [-0.15, -0.1) is 0 Å². The van der Waals surface area contributed by atoms with Crippen LogP contribution in [0.3, 0.4) is 0 Å². The molecule has 0 bridgehead atoms. The van der Waals surface area contributed by atoms with Gasteiger partial charge in [-0.1, -0.05) is 74.5 Å². The Hall–Kier alpha value is -2.83. The molecule has 45 heavy (non-hydrogen) atoms. The summed E-state index contributed by atoms with van der Waals surface area (Å²) < 4.78 is 72.4. The lowest BCUT2D eigenvalue weighted by Gasteiger charge is -2.29. The molecule has 0 aromatic heterocycles. The van der Waals surface area contributed by atoms with E-state index in [4.69, 9.17) is 17.8 Å². The van der Waals surface area contributed by atoms with Crippen molar-refractivity contribution in [1.82, 2.24) is 0 Å². The van der Waals surface area contributed by atoms with Crippen LogP contribution in [0.4, 0.5) is 0 Å². The molecule has 0 aliphatic heterocycles. The lowest BCUT2D eigenvalue weighted by atomic mass is 9.77. The van der Waals surface area contributed by atoms with Gasteiger partial charge >= 0.3 is 0 Å². The van der Waals surface area contributed by atoms with Gasteiger partial charge in [0, 0.05) is 22.0 Å². The summed E-state index contributed by atoms with van der Waals surface area (Å²) in [6.45, 7) is 4.24. The van der Waals surface area contributed by atoms with Crippen molar-refractivity contribution in [2.24, 2.45) is 0 Å². The fraction of sp³-hybridized carbons (Fsp3) is 0.412. The Morgan fingerprint density at radius 1 is 0.667 bits per heavy atom. The second-order valence-corrected chi connectivity index (χ2v) is 15.9. The number of methoxy groups -OCH3 is 2. The van der Waals surface area contributed by atoms with E-state index in [1.165, 1.54) is 0 Å². The number of hydrogen-bond donors (Lipinski definition) is 0. The minimum absolute atomic E-state index is 0.0729. The van der Waals surface area contributed by atoms with E-state index in [-0.39, 0.29) is 33.9 Å². The van der Waals surface area contributed by atoms with E-state index < -0.39 is 20.2 Å². The van der Waals surface area contributed by atoms with Crippen molar-refractivity contribution in [2.45, 2.75) is 50.4 Å². The van der Waals surface area contributed by atoms with Gasteiger partial charge in [0.2, 0.25) is 0 Å². The first-order valence-electron chi connectivity index (χ1n) is 14.9. The van der Waals surface area contributed by atoms with Gasteiger partial charge in [0.1, 0.15) is 11.5 Å². The zero-order chi connectivity index (χ0) is 32.6. The summed E-state index contributed by atoms with van der Waals surface area (Å²) in [5, 5.41) is 0. The predicted octanol–water partition coefficient (Wildman–Crippen LogP) is 6.81. The Labute approximate surface area is 272 Å². The van der Waals surface area contributed by atoms with Crippen molar-refractivity contribution in [2.75, 3.05) is 38.9 Å². The summed E-state index contributed by atoms with van der Waals surface area (Å²) in [6, 6.07) is 15.5. The van der Waals surface area contributed by atoms with Crippen LogP contribution in [0.25, 0.3) is 0 Å². The van der Waals surface area contributed by atoms with E-state index in [0.29, 0.717) is 37.2 Å². The maximum atomic E-state index is 12.7. The minimum atomic E-state index is -3.86. The number of rotatable bonds is 16. The standard InChI is InChI=1S/C34H42O8S3/c1-33(29-11-5-7-13-31(29)39-3)19-15-27(16-20-33)44(35,36)41-23-9-25-43-26-10-24-42-45(37,38)28-17-21-34(2,22-18-28)30-12-6-8-14-32(30)40-4/h5-8,11-19,21H,9-10,20,22-26H2,1-4H3. The zero-order valence-corrected chi connectivity index (χ0v) is 28.7. The van der Waals surface area contributed by atoms with Gasteiger partial charge in [-0.2, -0.15) is 28.6 Å². The van der Waals surface area contributed by atoms with Gasteiger partial charge in [-0.05, 0) is 61.5 Å². The van der Waals surface area contributed by atoms with Gasteiger partial charge in [-0.3, -0.25) is 8.37 Å².